The average molecular weight is 279 g/mol. The predicted molar refractivity (Wildman–Crippen MR) is 65.6 cm³/mol. The molecule has 0 aliphatic carbocycles. The van der Waals surface area contributed by atoms with E-state index in [0.717, 1.165) is 5.39 Å². The molecule has 1 heterocycles. The molecule has 0 aromatic heterocycles. The fraction of sp³-hybridized carbons (Fsp3) is 0.143. The van der Waals surface area contributed by atoms with Crippen LogP contribution >= 0.6 is 0 Å². The van der Waals surface area contributed by atoms with Crippen molar-refractivity contribution in [2.45, 2.75) is 12.2 Å². The van der Waals surface area contributed by atoms with Gasteiger partial charge in [0.05, 0.1) is 10.9 Å². The van der Waals surface area contributed by atoms with E-state index in [4.69, 9.17) is 5.11 Å². The summed E-state index contributed by atoms with van der Waals surface area (Å²) < 4.78 is 38.7. The van der Waals surface area contributed by atoms with Crippen LogP contribution in [0.1, 0.15) is 0 Å². The van der Waals surface area contributed by atoms with Gasteiger partial charge in [0, 0.05) is 5.22 Å². The number of hydrogen-bond acceptors (Lipinski definition) is 2. The SMILES string of the molecule is O=C(O)C1=c2cc3ccccc3cc2=NC1C(F)(F)F. The molecule has 1 unspecified atom stereocenters. The van der Waals surface area contributed by atoms with E-state index in [-0.39, 0.29) is 10.6 Å². The molecule has 0 saturated carbocycles. The minimum atomic E-state index is -4.71. The fourth-order valence-corrected chi connectivity index (χ4v) is 2.37. The normalized spacial score (nSPS) is 17.9. The van der Waals surface area contributed by atoms with Crippen LogP contribution in [0.5, 0.6) is 0 Å². The summed E-state index contributed by atoms with van der Waals surface area (Å²) in [5.41, 5.74) is -0.710. The number of carbonyl (C=O) groups is 1. The molecule has 6 heteroatoms. The number of carboxylic acid groups (broad SMARTS) is 1. The molecule has 3 nitrogen and oxygen atoms in total. The number of benzene rings is 2. The molecule has 0 radical (unpaired) electrons. The lowest BCUT2D eigenvalue weighted by Gasteiger charge is -2.13. The molecule has 1 aliphatic rings. The van der Waals surface area contributed by atoms with Crippen LogP contribution in [0.3, 0.4) is 0 Å². The Morgan fingerprint density at radius 3 is 2.30 bits per heavy atom. The van der Waals surface area contributed by atoms with Gasteiger partial charge in [-0.3, -0.25) is 4.99 Å². The van der Waals surface area contributed by atoms with Crippen molar-refractivity contribution in [2.75, 3.05) is 0 Å². The van der Waals surface area contributed by atoms with Crippen molar-refractivity contribution in [1.82, 2.24) is 0 Å². The summed E-state index contributed by atoms with van der Waals surface area (Å²) in [4.78, 5) is 14.7. The Labute approximate surface area is 110 Å². The van der Waals surface area contributed by atoms with Crippen molar-refractivity contribution >= 4 is 22.3 Å². The second kappa shape index (κ2) is 4.06. The van der Waals surface area contributed by atoms with Crippen molar-refractivity contribution in [3.05, 3.63) is 47.0 Å². The minimum absolute atomic E-state index is 0.0403. The zero-order chi connectivity index (χ0) is 14.5. The first-order valence-corrected chi connectivity index (χ1v) is 5.79. The van der Waals surface area contributed by atoms with Crippen LogP contribution in [0.25, 0.3) is 16.3 Å². The second-order valence-corrected chi connectivity index (χ2v) is 4.51. The van der Waals surface area contributed by atoms with Crippen LogP contribution < -0.4 is 10.6 Å². The van der Waals surface area contributed by atoms with E-state index in [1.807, 2.05) is 0 Å². The summed E-state index contributed by atoms with van der Waals surface area (Å²) in [5.74, 6) is -1.59. The van der Waals surface area contributed by atoms with Gasteiger partial charge in [-0.25, -0.2) is 4.79 Å². The summed E-state index contributed by atoms with van der Waals surface area (Å²) in [5, 5.41) is 10.6. The number of alkyl halides is 3. The van der Waals surface area contributed by atoms with Crippen molar-refractivity contribution in [3.8, 4) is 0 Å². The maximum Gasteiger partial charge on any atom is 0.415 e. The number of aliphatic carboxylic acids is 1. The van der Waals surface area contributed by atoms with E-state index < -0.39 is 23.8 Å². The van der Waals surface area contributed by atoms with E-state index in [1.165, 1.54) is 12.1 Å². The fourth-order valence-electron chi connectivity index (χ4n) is 2.37. The van der Waals surface area contributed by atoms with E-state index in [9.17, 15) is 18.0 Å². The van der Waals surface area contributed by atoms with Gasteiger partial charge in [-0.1, -0.05) is 24.3 Å². The van der Waals surface area contributed by atoms with Crippen molar-refractivity contribution in [3.63, 3.8) is 0 Å². The Hall–Kier alpha value is -2.37. The first-order chi connectivity index (χ1) is 9.38. The molecule has 0 saturated heterocycles. The molecule has 102 valence electrons. The molecule has 20 heavy (non-hydrogen) atoms. The number of halogens is 3. The van der Waals surface area contributed by atoms with Gasteiger partial charge in [0.15, 0.2) is 6.04 Å². The van der Waals surface area contributed by atoms with Crippen molar-refractivity contribution in [1.29, 1.82) is 0 Å². The van der Waals surface area contributed by atoms with Crippen LogP contribution in [0.4, 0.5) is 13.2 Å². The Bertz CT molecular complexity index is 840. The van der Waals surface area contributed by atoms with Crippen LogP contribution in [0.2, 0.25) is 0 Å². The molecule has 0 fully saturated rings. The number of hydrogen-bond donors (Lipinski definition) is 1. The van der Waals surface area contributed by atoms with E-state index in [1.54, 1.807) is 24.3 Å². The third-order valence-electron chi connectivity index (χ3n) is 3.24. The molecular formula is C14H8F3NO2. The highest BCUT2D eigenvalue weighted by atomic mass is 19.4. The van der Waals surface area contributed by atoms with Crippen molar-refractivity contribution in [2.24, 2.45) is 4.99 Å². The lowest BCUT2D eigenvalue weighted by atomic mass is 10.0. The number of nitrogens with zero attached hydrogens (tertiary/aromatic N) is 1. The molecule has 3 rings (SSSR count). The van der Waals surface area contributed by atoms with E-state index >= 15 is 0 Å². The zero-order valence-corrected chi connectivity index (χ0v) is 9.98. The topological polar surface area (TPSA) is 49.7 Å². The highest BCUT2D eigenvalue weighted by molar-refractivity contribution is 6.11. The largest absolute Gasteiger partial charge is 0.478 e. The number of carboxylic acids is 1. The predicted octanol–water partition coefficient (Wildman–Crippen LogP) is 1.64. The Balaban J connectivity index is 2.41. The van der Waals surface area contributed by atoms with Crippen LogP contribution in [0.15, 0.2) is 41.4 Å². The highest BCUT2D eigenvalue weighted by Gasteiger charge is 2.46. The Morgan fingerprint density at radius 2 is 1.75 bits per heavy atom. The summed E-state index contributed by atoms with van der Waals surface area (Å²) in [6.07, 6.45) is -4.71. The van der Waals surface area contributed by atoms with Crippen LogP contribution in [-0.2, 0) is 4.79 Å². The number of fused-ring (bicyclic) bond motifs is 2. The Morgan fingerprint density at radius 1 is 1.15 bits per heavy atom. The van der Waals surface area contributed by atoms with Gasteiger partial charge in [0.25, 0.3) is 0 Å². The maximum atomic E-state index is 12.9. The minimum Gasteiger partial charge on any atom is -0.478 e. The first kappa shape index (κ1) is 12.7. The van der Waals surface area contributed by atoms with Gasteiger partial charge >= 0.3 is 12.1 Å². The molecule has 2 aromatic rings. The third-order valence-corrected chi connectivity index (χ3v) is 3.24. The van der Waals surface area contributed by atoms with E-state index in [2.05, 4.69) is 4.99 Å². The number of rotatable bonds is 1. The molecule has 0 spiro atoms. The summed E-state index contributed by atoms with van der Waals surface area (Å²) >= 11 is 0. The van der Waals surface area contributed by atoms with Gasteiger partial charge in [-0.05, 0) is 22.9 Å². The first-order valence-electron chi connectivity index (χ1n) is 5.79. The monoisotopic (exact) mass is 279 g/mol. The second-order valence-electron chi connectivity index (χ2n) is 4.51. The van der Waals surface area contributed by atoms with Gasteiger partial charge in [0.2, 0.25) is 0 Å². The van der Waals surface area contributed by atoms with Gasteiger partial charge < -0.3 is 5.11 Å². The lowest BCUT2D eigenvalue weighted by Crippen LogP contribution is -2.32. The third kappa shape index (κ3) is 1.84. The van der Waals surface area contributed by atoms with Gasteiger partial charge in [-0.15, -0.1) is 0 Å². The quantitative estimate of drug-likeness (QED) is 0.862. The summed E-state index contributed by atoms with van der Waals surface area (Å²) in [7, 11) is 0. The average Bonchev–Trinajstić information content (AvgIpc) is 2.74. The van der Waals surface area contributed by atoms with Crippen LogP contribution in [-0.4, -0.2) is 23.3 Å². The molecule has 1 aliphatic heterocycles. The molecular weight excluding hydrogens is 271 g/mol. The molecule has 1 atom stereocenters. The molecule has 0 bridgehead atoms. The van der Waals surface area contributed by atoms with Gasteiger partial charge in [-0.2, -0.15) is 13.2 Å². The maximum absolute atomic E-state index is 12.9. The standard InChI is InChI=1S/C14H8F3NO2/c15-14(16,17)12-11(13(19)20)9-5-7-3-1-2-4-8(7)6-10(9)18-12/h1-6,12H,(H,19,20). The molecule has 0 amide bonds. The highest BCUT2D eigenvalue weighted by Crippen LogP contribution is 2.29. The van der Waals surface area contributed by atoms with E-state index in [0.29, 0.717) is 5.39 Å². The smallest absolute Gasteiger partial charge is 0.415 e. The Kier molecular flexibility index (Phi) is 2.57. The zero-order valence-electron chi connectivity index (χ0n) is 9.98. The molecule has 1 N–H and O–H groups in total. The summed E-state index contributed by atoms with van der Waals surface area (Å²) in [6.45, 7) is 0. The van der Waals surface area contributed by atoms with Crippen LogP contribution in [0, 0.1) is 0 Å². The van der Waals surface area contributed by atoms with Crippen molar-refractivity contribution < 1.29 is 23.1 Å². The lowest BCUT2D eigenvalue weighted by molar-refractivity contribution is -0.143. The van der Waals surface area contributed by atoms with Gasteiger partial charge in [0.1, 0.15) is 0 Å². The molecule has 2 aromatic carbocycles. The summed E-state index contributed by atoms with van der Waals surface area (Å²) in [6, 6.07) is 7.59.